The molecule has 0 atom stereocenters. The first kappa shape index (κ1) is 15.2. The predicted octanol–water partition coefficient (Wildman–Crippen LogP) is 2.05. The highest BCUT2D eigenvalue weighted by Gasteiger charge is 2.27. The second-order valence-electron chi connectivity index (χ2n) is 4.25. The maximum absolute atomic E-state index is 12.3. The molecule has 0 amide bonds. The van der Waals surface area contributed by atoms with Crippen molar-refractivity contribution in [3.05, 3.63) is 38.9 Å². The van der Waals surface area contributed by atoms with Crippen molar-refractivity contribution in [1.82, 2.24) is 4.98 Å². The van der Waals surface area contributed by atoms with Gasteiger partial charge < -0.3 is 5.73 Å². The van der Waals surface area contributed by atoms with Gasteiger partial charge in [-0.3, -0.25) is 14.8 Å². The van der Waals surface area contributed by atoms with E-state index in [1.165, 1.54) is 6.07 Å². The molecule has 3 N–H and O–H groups in total. The molecule has 0 fully saturated rings. The normalized spacial score (nSPS) is 11.3. The lowest BCUT2D eigenvalue weighted by Crippen LogP contribution is -2.15. The van der Waals surface area contributed by atoms with Crippen LogP contribution in [0.1, 0.15) is 10.6 Å². The third-order valence-corrected chi connectivity index (χ3v) is 5.21. The number of benzene rings is 1. The number of rotatable bonds is 4. The van der Waals surface area contributed by atoms with Gasteiger partial charge in [-0.05, 0) is 26.0 Å². The summed E-state index contributed by atoms with van der Waals surface area (Å²) in [6.07, 6.45) is 0. The third-order valence-electron chi connectivity index (χ3n) is 2.72. The van der Waals surface area contributed by atoms with Crippen LogP contribution in [0.5, 0.6) is 0 Å². The minimum absolute atomic E-state index is 0.118. The van der Waals surface area contributed by atoms with Gasteiger partial charge in [0.25, 0.3) is 15.7 Å². The van der Waals surface area contributed by atoms with E-state index >= 15 is 0 Å². The van der Waals surface area contributed by atoms with Crippen molar-refractivity contribution >= 4 is 37.9 Å². The van der Waals surface area contributed by atoms with Gasteiger partial charge in [0.2, 0.25) is 0 Å². The fraction of sp³-hybridized carbons (Fsp3) is 0.182. The number of anilines is 2. The molecule has 8 nitrogen and oxygen atoms in total. The van der Waals surface area contributed by atoms with E-state index in [4.69, 9.17) is 5.73 Å². The Balaban J connectivity index is 2.49. The summed E-state index contributed by atoms with van der Waals surface area (Å²) in [4.78, 5) is 14.6. The molecule has 10 heteroatoms. The van der Waals surface area contributed by atoms with Gasteiger partial charge in [-0.2, -0.15) is 0 Å². The third kappa shape index (κ3) is 3.11. The van der Waals surface area contributed by atoms with E-state index in [0.717, 1.165) is 28.3 Å². The average Bonchev–Trinajstić information content (AvgIpc) is 2.66. The maximum atomic E-state index is 12.3. The summed E-state index contributed by atoms with van der Waals surface area (Å²) in [6.45, 7) is 3.54. The van der Waals surface area contributed by atoms with Crippen LogP contribution in [0, 0.1) is 24.0 Å². The maximum Gasteiger partial charge on any atom is 0.290 e. The van der Waals surface area contributed by atoms with Crippen molar-refractivity contribution in [2.75, 3.05) is 10.5 Å². The monoisotopic (exact) mass is 328 g/mol. The Bertz CT molecular complexity index is 794. The summed E-state index contributed by atoms with van der Waals surface area (Å²) in [5.41, 5.74) is 5.79. The van der Waals surface area contributed by atoms with E-state index in [-0.39, 0.29) is 10.8 Å². The topological polar surface area (TPSA) is 128 Å². The summed E-state index contributed by atoms with van der Waals surface area (Å²) in [5.74, 6) is 0. The molecule has 21 heavy (non-hydrogen) atoms. The van der Waals surface area contributed by atoms with Crippen molar-refractivity contribution in [3.63, 3.8) is 0 Å². The summed E-state index contributed by atoms with van der Waals surface area (Å²) < 4.78 is 26.8. The Hall–Kier alpha value is -2.20. The number of hydrogen-bond acceptors (Lipinski definition) is 7. The van der Waals surface area contributed by atoms with Gasteiger partial charge in [-0.15, -0.1) is 11.3 Å². The van der Waals surface area contributed by atoms with E-state index in [0.29, 0.717) is 5.69 Å². The molecule has 0 aliphatic rings. The molecular formula is C11H12N4O4S2. The first-order chi connectivity index (χ1) is 9.70. The van der Waals surface area contributed by atoms with Crippen LogP contribution in [0.4, 0.5) is 16.5 Å². The molecule has 1 aromatic carbocycles. The van der Waals surface area contributed by atoms with Crippen LogP contribution < -0.4 is 10.5 Å². The van der Waals surface area contributed by atoms with Gasteiger partial charge in [-0.1, -0.05) is 0 Å². The van der Waals surface area contributed by atoms with Crippen molar-refractivity contribution in [2.24, 2.45) is 0 Å². The zero-order valence-electron chi connectivity index (χ0n) is 11.2. The highest BCUT2D eigenvalue weighted by Crippen LogP contribution is 2.29. The Morgan fingerprint density at radius 2 is 2.05 bits per heavy atom. The lowest BCUT2D eigenvalue weighted by atomic mass is 10.3. The Morgan fingerprint density at radius 3 is 2.57 bits per heavy atom. The number of nitrogens with zero attached hydrogens (tertiary/aromatic N) is 2. The van der Waals surface area contributed by atoms with E-state index in [1.54, 1.807) is 13.8 Å². The smallest absolute Gasteiger partial charge is 0.290 e. The number of thiazole rings is 1. The Labute approximate surface area is 124 Å². The molecular weight excluding hydrogens is 316 g/mol. The number of nitro groups is 1. The fourth-order valence-corrected chi connectivity index (χ4v) is 3.84. The van der Waals surface area contributed by atoms with Gasteiger partial charge in [0.1, 0.15) is 0 Å². The lowest BCUT2D eigenvalue weighted by Gasteiger charge is -2.06. The molecule has 1 heterocycles. The molecule has 0 aliphatic carbocycles. The molecule has 2 aromatic rings. The lowest BCUT2D eigenvalue weighted by molar-refractivity contribution is -0.387. The zero-order chi connectivity index (χ0) is 15.8. The van der Waals surface area contributed by atoms with E-state index in [2.05, 4.69) is 9.71 Å². The van der Waals surface area contributed by atoms with Crippen LogP contribution in [0.15, 0.2) is 23.1 Å². The zero-order valence-corrected chi connectivity index (χ0v) is 12.8. The van der Waals surface area contributed by atoms with Crippen LogP contribution in [0.25, 0.3) is 0 Å². The molecule has 0 unspecified atom stereocenters. The van der Waals surface area contributed by atoms with Gasteiger partial charge in [0.05, 0.1) is 10.6 Å². The van der Waals surface area contributed by atoms with Crippen LogP contribution in [0.3, 0.4) is 0 Å². The summed E-state index contributed by atoms with van der Waals surface area (Å²) in [7, 11) is -4.14. The number of aromatic nitrogens is 1. The SMILES string of the molecule is Cc1nc(NS(=O)(=O)c2cc(N)ccc2[N+](=O)[O-])sc1C. The summed E-state index contributed by atoms with van der Waals surface area (Å²) >= 11 is 1.15. The predicted molar refractivity (Wildman–Crippen MR) is 79.9 cm³/mol. The standard InChI is InChI=1S/C11H12N4O4S2/c1-6-7(2)20-11(13-6)14-21(18,19)10-5-8(12)3-4-9(10)15(16)17/h3-5H,12H2,1-2H3,(H,13,14). The van der Waals surface area contributed by atoms with Gasteiger partial charge >= 0.3 is 0 Å². The number of nitrogens with one attached hydrogen (secondary N) is 1. The molecule has 112 valence electrons. The van der Waals surface area contributed by atoms with E-state index in [9.17, 15) is 18.5 Å². The van der Waals surface area contributed by atoms with Crippen LogP contribution in [-0.4, -0.2) is 18.3 Å². The largest absolute Gasteiger partial charge is 0.399 e. The van der Waals surface area contributed by atoms with Gasteiger partial charge in [0.15, 0.2) is 10.0 Å². The molecule has 2 rings (SSSR count). The molecule has 0 radical (unpaired) electrons. The second-order valence-corrected chi connectivity index (χ2v) is 7.10. The Morgan fingerprint density at radius 1 is 1.38 bits per heavy atom. The fourth-order valence-electron chi connectivity index (χ4n) is 1.58. The van der Waals surface area contributed by atoms with Gasteiger partial charge in [0, 0.05) is 16.6 Å². The number of aryl methyl sites for hydroxylation is 2. The molecule has 0 saturated heterocycles. The highest BCUT2D eigenvalue weighted by atomic mass is 32.2. The van der Waals surface area contributed by atoms with Crippen molar-refractivity contribution in [1.29, 1.82) is 0 Å². The number of sulfonamides is 1. The van der Waals surface area contributed by atoms with Crippen molar-refractivity contribution < 1.29 is 13.3 Å². The number of nitrogens with two attached hydrogens (primary N) is 1. The van der Waals surface area contributed by atoms with Crippen LogP contribution in [0.2, 0.25) is 0 Å². The highest BCUT2D eigenvalue weighted by molar-refractivity contribution is 7.93. The van der Waals surface area contributed by atoms with E-state index < -0.39 is 25.5 Å². The van der Waals surface area contributed by atoms with Crippen LogP contribution in [-0.2, 0) is 10.0 Å². The summed E-state index contributed by atoms with van der Waals surface area (Å²) in [5, 5.41) is 11.1. The molecule has 1 aromatic heterocycles. The molecule has 0 aliphatic heterocycles. The number of nitro benzene ring substituents is 1. The van der Waals surface area contributed by atoms with Crippen molar-refractivity contribution in [3.8, 4) is 0 Å². The average molecular weight is 328 g/mol. The Kier molecular flexibility index (Phi) is 3.83. The minimum Gasteiger partial charge on any atom is -0.399 e. The summed E-state index contributed by atoms with van der Waals surface area (Å²) in [6, 6.07) is 3.38. The van der Waals surface area contributed by atoms with Gasteiger partial charge in [-0.25, -0.2) is 13.4 Å². The first-order valence-corrected chi connectivity index (χ1v) is 8.01. The molecule has 0 spiro atoms. The number of hydrogen-bond donors (Lipinski definition) is 2. The second kappa shape index (κ2) is 5.30. The number of nitrogen functional groups attached to an aromatic ring is 1. The van der Waals surface area contributed by atoms with E-state index in [1.807, 2.05) is 0 Å². The van der Waals surface area contributed by atoms with Crippen LogP contribution >= 0.6 is 11.3 Å². The first-order valence-electron chi connectivity index (χ1n) is 5.71. The quantitative estimate of drug-likeness (QED) is 0.502. The molecule has 0 bridgehead atoms. The van der Waals surface area contributed by atoms with Crippen molar-refractivity contribution in [2.45, 2.75) is 18.7 Å². The minimum atomic E-state index is -4.14. The molecule has 0 saturated carbocycles.